The zero-order valence-electron chi connectivity index (χ0n) is 14.1. The minimum absolute atomic E-state index is 0.150. The molecule has 0 unspecified atom stereocenters. The molecule has 0 atom stereocenters. The molecule has 0 radical (unpaired) electrons. The lowest BCUT2D eigenvalue weighted by Crippen LogP contribution is -2.25. The summed E-state index contributed by atoms with van der Waals surface area (Å²) in [6, 6.07) is 16.3. The molecule has 0 saturated heterocycles. The van der Waals surface area contributed by atoms with Crippen molar-refractivity contribution in [3.63, 3.8) is 0 Å². The molecule has 3 rings (SSSR count). The number of carbonyl (C=O) groups excluding carboxylic acids is 1. The molecule has 0 saturated carbocycles. The van der Waals surface area contributed by atoms with Crippen LogP contribution in [0.4, 0.5) is 4.39 Å². The summed E-state index contributed by atoms with van der Waals surface area (Å²) in [7, 11) is 1.69. The number of rotatable bonds is 6. The summed E-state index contributed by atoms with van der Waals surface area (Å²) in [5.74, 6) is 0.693. The molecule has 6 heteroatoms. The lowest BCUT2D eigenvalue weighted by atomic mass is 10.2. The number of benzene rings is 2. The van der Waals surface area contributed by atoms with Crippen LogP contribution in [0.25, 0.3) is 0 Å². The number of carbonyl (C=O) groups is 1. The highest BCUT2D eigenvalue weighted by Crippen LogP contribution is 2.17. The summed E-state index contributed by atoms with van der Waals surface area (Å²) < 4.78 is 23.9. The second-order valence-corrected chi connectivity index (χ2v) is 6.24. The Kier molecular flexibility index (Phi) is 5.58. The molecule has 4 nitrogen and oxygen atoms in total. The van der Waals surface area contributed by atoms with E-state index in [1.807, 2.05) is 18.2 Å². The largest absolute Gasteiger partial charge is 0.486 e. The third-order valence-corrected chi connectivity index (χ3v) is 3.96. The predicted octanol–water partition coefficient (Wildman–Crippen LogP) is 4.92. The Morgan fingerprint density at radius 2 is 1.92 bits per heavy atom. The molecular weight excluding hydrogens is 357 g/mol. The Hall–Kier alpha value is -2.79. The lowest BCUT2D eigenvalue weighted by Gasteiger charge is -2.16. The number of hydrogen-bond acceptors (Lipinski definition) is 3. The van der Waals surface area contributed by atoms with Gasteiger partial charge in [-0.1, -0.05) is 23.7 Å². The first-order valence-corrected chi connectivity index (χ1v) is 8.36. The maximum atomic E-state index is 12.9. The van der Waals surface area contributed by atoms with E-state index in [0.717, 1.165) is 5.56 Å². The zero-order valence-corrected chi connectivity index (χ0v) is 14.9. The molecule has 0 aliphatic carbocycles. The van der Waals surface area contributed by atoms with Gasteiger partial charge in [0.1, 0.15) is 23.9 Å². The molecule has 0 N–H and O–H groups in total. The first-order valence-electron chi connectivity index (χ1n) is 7.98. The summed E-state index contributed by atoms with van der Waals surface area (Å²) in [6.07, 6.45) is 0. The Balaban J connectivity index is 1.59. The van der Waals surface area contributed by atoms with Gasteiger partial charge in [0, 0.05) is 18.6 Å². The molecular formula is C20H17ClFNO3. The average Bonchev–Trinajstić information content (AvgIpc) is 3.09. The van der Waals surface area contributed by atoms with E-state index in [1.165, 1.54) is 24.3 Å². The summed E-state index contributed by atoms with van der Waals surface area (Å²) in [4.78, 5) is 14.0. The van der Waals surface area contributed by atoms with Gasteiger partial charge in [0.05, 0.1) is 0 Å². The van der Waals surface area contributed by atoms with E-state index in [-0.39, 0.29) is 24.1 Å². The zero-order chi connectivity index (χ0) is 18.5. The molecule has 0 spiro atoms. The van der Waals surface area contributed by atoms with Crippen molar-refractivity contribution in [1.29, 1.82) is 0 Å². The minimum Gasteiger partial charge on any atom is -0.486 e. The first-order chi connectivity index (χ1) is 12.5. The van der Waals surface area contributed by atoms with Gasteiger partial charge < -0.3 is 14.1 Å². The van der Waals surface area contributed by atoms with E-state index < -0.39 is 0 Å². The van der Waals surface area contributed by atoms with Crippen molar-refractivity contribution in [2.75, 3.05) is 7.05 Å². The van der Waals surface area contributed by atoms with Crippen LogP contribution < -0.4 is 4.74 Å². The van der Waals surface area contributed by atoms with Crippen LogP contribution in [0, 0.1) is 5.82 Å². The molecule has 0 fully saturated rings. The second kappa shape index (κ2) is 8.06. The lowest BCUT2D eigenvalue weighted by molar-refractivity contribution is 0.0749. The van der Waals surface area contributed by atoms with Crippen molar-refractivity contribution in [3.05, 3.63) is 88.6 Å². The molecule has 0 aliphatic rings. The van der Waals surface area contributed by atoms with Gasteiger partial charge >= 0.3 is 0 Å². The Morgan fingerprint density at radius 3 is 2.65 bits per heavy atom. The van der Waals surface area contributed by atoms with Gasteiger partial charge in [-0.15, -0.1) is 0 Å². The number of furan rings is 1. The van der Waals surface area contributed by atoms with Crippen molar-refractivity contribution < 1.29 is 18.3 Å². The molecule has 26 heavy (non-hydrogen) atoms. The van der Waals surface area contributed by atoms with Crippen molar-refractivity contribution in [2.45, 2.75) is 13.2 Å². The maximum absolute atomic E-state index is 12.9. The van der Waals surface area contributed by atoms with Crippen LogP contribution in [0.5, 0.6) is 5.75 Å². The number of amides is 1. The minimum atomic E-state index is -0.328. The van der Waals surface area contributed by atoms with Crippen LogP contribution in [0.1, 0.15) is 21.9 Å². The molecule has 1 aromatic heterocycles. The number of nitrogens with zero attached hydrogens (tertiary/aromatic N) is 1. The van der Waals surface area contributed by atoms with Crippen LogP contribution in [0.2, 0.25) is 5.02 Å². The topological polar surface area (TPSA) is 42.7 Å². The normalized spacial score (nSPS) is 10.6. The Labute approximate surface area is 155 Å². The summed E-state index contributed by atoms with van der Waals surface area (Å²) in [6.45, 7) is 0.568. The molecule has 0 bridgehead atoms. The highest BCUT2D eigenvalue weighted by atomic mass is 35.5. The van der Waals surface area contributed by atoms with E-state index in [2.05, 4.69) is 0 Å². The molecule has 1 heterocycles. The van der Waals surface area contributed by atoms with Gasteiger partial charge in [-0.25, -0.2) is 4.39 Å². The monoisotopic (exact) mass is 373 g/mol. The number of halogens is 2. The Morgan fingerprint density at radius 1 is 1.15 bits per heavy atom. The van der Waals surface area contributed by atoms with Crippen LogP contribution in [-0.2, 0) is 13.2 Å². The molecule has 2 aromatic carbocycles. The van der Waals surface area contributed by atoms with E-state index >= 15 is 0 Å². The van der Waals surface area contributed by atoms with Gasteiger partial charge in [-0.05, 0) is 54.1 Å². The number of hydrogen-bond donors (Lipinski definition) is 0. The van der Waals surface area contributed by atoms with Gasteiger partial charge in [0.15, 0.2) is 5.76 Å². The van der Waals surface area contributed by atoms with Crippen LogP contribution >= 0.6 is 11.6 Å². The fourth-order valence-corrected chi connectivity index (χ4v) is 2.64. The Bertz CT molecular complexity index is 892. The van der Waals surface area contributed by atoms with Crippen molar-refractivity contribution in [2.24, 2.45) is 0 Å². The summed E-state index contributed by atoms with van der Waals surface area (Å²) in [5.41, 5.74) is 0.930. The van der Waals surface area contributed by atoms with E-state index in [1.54, 1.807) is 30.1 Å². The quantitative estimate of drug-likeness (QED) is 0.615. The van der Waals surface area contributed by atoms with Crippen LogP contribution in [0.3, 0.4) is 0 Å². The smallest absolute Gasteiger partial charge is 0.289 e. The highest BCUT2D eigenvalue weighted by Gasteiger charge is 2.16. The standard InChI is InChI=1S/C20H17ClFNO3/c1-23(12-14-3-2-4-15(21)11-14)20(24)19-10-9-18(26-19)13-25-17-7-5-16(22)6-8-17/h2-11H,12-13H2,1H3. The number of ether oxygens (including phenoxy) is 1. The predicted molar refractivity (Wildman–Crippen MR) is 96.7 cm³/mol. The fourth-order valence-electron chi connectivity index (χ4n) is 2.42. The highest BCUT2D eigenvalue weighted by molar-refractivity contribution is 6.30. The van der Waals surface area contributed by atoms with E-state index in [9.17, 15) is 9.18 Å². The maximum Gasteiger partial charge on any atom is 0.289 e. The third kappa shape index (κ3) is 4.64. The first kappa shape index (κ1) is 18.0. The molecule has 3 aromatic rings. The third-order valence-electron chi connectivity index (χ3n) is 3.72. The summed E-state index contributed by atoms with van der Waals surface area (Å²) >= 11 is 5.97. The molecule has 1 amide bonds. The SMILES string of the molecule is CN(Cc1cccc(Cl)c1)C(=O)c1ccc(COc2ccc(F)cc2)o1. The second-order valence-electron chi connectivity index (χ2n) is 5.80. The average molecular weight is 374 g/mol. The van der Waals surface area contributed by atoms with Crippen molar-refractivity contribution in [3.8, 4) is 5.75 Å². The fraction of sp³-hybridized carbons (Fsp3) is 0.150. The van der Waals surface area contributed by atoms with Gasteiger partial charge in [-0.3, -0.25) is 4.79 Å². The van der Waals surface area contributed by atoms with Crippen LogP contribution in [0.15, 0.2) is 65.1 Å². The molecule has 0 aliphatic heterocycles. The van der Waals surface area contributed by atoms with Crippen LogP contribution in [-0.4, -0.2) is 17.9 Å². The molecule has 134 valence electrons. The summed E-state index contributed by atoms with van der Waals surface area (Å²) in [5, 5.41) is 0.626. The van der Waals surface area contributed by atoms with Crippen molar-refractivity contribution in [1.82, 2.24) is 4.90 Å². The van der Waals surface area contributed by atoms with Gasteiger partial charge in [0.25, 0.3) is 5.91 Å². The van der Waals surface area contributed by atoms with Crippen molar-refractivity contribution >= 4 is 17.5 Å². The van der Waals surface area contributed by atoms with Gasteiger partial charge in [-0.2, -0.15) is 0 Å². The van der Waals surface area contributed by atoms with E-state index in [0.29, 0.717) is 23.1 Å². The van der Waals surface area contributed by atoms with E-state index in [4.69, 9.17) is 20.8 Å². The van der Waals surface area contributed by atoms with Gasteiger partial charge in [0.2, 0.25) is 0 Å².